The number of alkyl halides is 3. The third-order valence-electron chi connectivity index (χ3n) is 3.71. The normalized spacial score (nSPS) is 12.0. The van der Waals surface area contributed by atoms with Gasteiger partial charge in [0.25, 0.3) is 5.41 Å². The van der Waals surface area contributed by atoms with Crippen molar-refractivity contribution < 1.29 is 41.7 Å². The molecular weight excluding hydrogens is 357 g/mol. The lowest BCUT2D eigenvalue weighted by atomic mass is 9.83. The maximum absolute atomic E-state index is 13.5. The minimum absolute atomic E-state index is 0.342. The molecule has 0 aliphatic rings. The Morgan fingerprint density at radius 1 is 1.00 bits per heavy atom. The third-order valence-corrected chi connectivity index (χ3v) is 3.71. The Bertz CT molecular complexity index is 666. The molecule has 0 N–H and O–H groups in total. The van der Waals surface area contributed by atoms with Gasteiger partial charge in [-0.05, 0) is 12.1 Å². The lowest BCUT2D eigenvalue weighted by molar-refractivity contribution is -0.237. The van der Waals surface area contributed by atoms with Gasteiger partial charge in [0.05, 0.1) is 28.4 Å². The Morgan fingerprint density at radius 3 is 2.00 bits per heavy atom. The van der Waals surface area contributed by atoms with Crippen LogP contribution in [0.5, 0.6) is 11.5 Å². The van der Waals surface area contributed by atoms with Crippen molar-refractivity contribution in [1.82, 2.24) is 0 Å². The van der Waals surface area contributed by atoms with Crippen LogP contribution in [0, 0.1) is 5.41 Å². The van der Waals surface area contributed by atoms with E-state index >= 15 is 0 Å². The molecule has 0 amide bonds. The summed E-state index contributed by atoms with van der Waals surface area (Å²) in [6.45, 7) is 0. The topological polar surface area (TPSA) is 71.1 Å². The number of carbonyl (C=O) groups excluding carboxylic acids is 2. The van der Waals surface area contributed by atoms with Crippen molar-refractivity contribution in [1.29, 1.82) is 0 Å². The zero-order valence-electron chi connectivity index (χ0n) is 14.7. The molecule has 0 saturated carbocycles. The minimum atomic E-state index is -5.21. The monoisotopic (exact) mass is 376 g/mol. The number of hydrogen-bond acceptors (Lipinski definition) is 6. The van der Waals surface area contributed by atoms with E-state index < -0.39 is 30.0 Å². The lowest BCUT2D eigenvalue weighted by Gasteiger charge is -2.29. The predicted octanol–water partition coefficient (Wildman–Crippen LogP) is 3.00. The van der Waals surface area contributed by atoms with Gasteiger partial charge in [0, 0.05) is 18.1 Å². The second-order valence-corrected chi connectivity index (χ2v) is 5.10. The van der Waals surface area contributed by atoms with E-state index in [0.29, 0.717) is 17.1 Å². The fourth-order valence-corrected chi connectivity index (χ4v) is 2.26. The fraction of sp³-hybridized carbons (Fsp3) is 0.412. The summed E-state index contributed by atoms with van der Waals surface area (Å²) in [7, 11) is 4.37. The molecule has 0 fully saturated rings. The molecule has 0 aliphatic carbocycles. The zero-order chi connectivity index (χ0) is 20.0. The van der Waals surface area contributed by atoms with Gasteiger partial charge in [0.15, 0.2) is 0 Å². The van der Waals surface area contributed by atoms with Gasteiger partial charge in [-0.25, -0.2) is 0 Å². The molecule has 0 spiro atoms. The molecule has 1 aromatic rings. The standard InChI is InChI=1S/C17H19F3O6/c1-23-12-8-7-11(13(10-12)24-2)6-5-9-16(14(21)25-3,15(22)26-4)17(18,19)20/h5-8,10H,9H2,1-4H3/b6-5+. The SMILES string of the molecule is COC(=O)C(C/C=C/c1ccc(OC)cc1OC)(C(=O)OC)C(F)(F)F. The van der Waals surface area contributed by atoms with Gasteiger partial charge in [-0.3, -0.25) is 9.59 Å². The maximum atomic E-state index is 13.5. The molecule has 0 saturated heterocycles. The largest absolute Gasteiger partial charge is 0.497 e. The Labute approximate surface area is 148 Å². The van der Waals surface area contributed by atoms with E-state index in [4.69, 9.17) is 9.47 Å². The summed E-state index contributed by atoms with van der Waals surface area (Å²) in [6.07, 6.45) is -3.87. The Morgan fingerprint density at radius 2 is 1.58 bits per heavy atom. The lowest BCUT2D eigenvalue weighted by Crippen LogP contribution is -2.52. The molecule has 144 valence electrons. The van der Waals surface area contributed by atoms with Crippen LogP contribution in [0.2, 0.25) is 0 Å². The van der Waals surface area contributed by atoms with E-state index in [9.17, 15) is 22.8 Å². The smallest absolute Gasteiger partial charge is 0.415 e. The molecule has 0 heterocycles. The highest BCUT2D eigenvalue weighted by Gasteiger charge is 2.67. The van der Waals surface area contributed by atoms with Gasteiger partial charge in [-0.15, -0.1) is 0 Å². The molecule has 6 nitrogen and oxygen atoms in total. The molecular formula is C17H19F3O6. The molecule has 0 unspecified atom stereocenters. The van der Waals surface area contributed by atoms with Gasteiger partial charge >= 0.3 is 18.1 Å². The molecule has 0 bridgehead atoms. The van der Waals surface area contributed by atoms with Crippen LogP contribution >= 0.6 is 0 Å². The average molecular weight is 376 g/mol. The predicted molar refractivity (Wildman–Crippen MR) is 85.7 cm³/mol. The van der Waals surface area contributed by atoms with Crippen molar-refractivity contribution >= 4 is 18.0 Å². The van der Waals surface area contributed by atoms with Crippen LogP contribution in [0.1, 0.15) is 12.0 Å². The number of allylic oxidation sites excluding steroid dienone is 1. The number of esters is 2. The minimum Gasteiger partial charge on any atom is -0.497 e. The van der Waals surface area contributed by atoms with Crippen LogP contribution < -0.4 is 9.47 Å². The van der Waals surface area contributed by atoms with E-state index in [0.717, 1.165) is 20.3 Å². The summed E-state index contributed by atoms with van der Waals surface area (Å²) < 4.78 is 59.2. The summed E-state index contributed by atoms with van der Waals surface area (Å²) >= 11 is 0. The first-order valence-electron chi connectivity index (χ1n) is 7.30. The highest BCUT2D eigenvalue weighted by molar-refractivity contribution is 6.01. The Balaban J connectivity index is 3.27. The summed E-state index contributed by atoms with van der Waals surface area (Å²) in [6, 6.07) is 4.68. The van der Waals surface area contributed by atoms with Crippen molar-refractivity contribution in [2.24, 2.45) is 5.41 Å². The summed E-state index contributed by atoms with van der Waals surface area (Å²) in [5.74, 6) is -2.66. The number of ether oxygens (including phenoxy) is 4. The molecule has 1 aromatic carbocycles. The number of halogens is 3. The second-order valence-electron chi connectivity index (χ2n) is 5.10. The van der Waals surface area contributed by atoms with E-state index in [-0.39, 0.29) is 0 Å². The van der Waals surface area contributed by atoms with E-state index in [1.165, 1.54) is 26.4 Å². The van der Waals surface area contributed by atoms with Crippen LogP contribution in [0.25, 0.3) is 6.08 Å². The van der Waals surface area contributed by atoms with Crippen molar-refractivity contribution in [2.75, 3.05) is 28.4 Å². The molecule has 26 heavy (non-hydrogen) atoms. The summed E-state index contributed by atoms with van der Waals surface area (Å²) in [5, 5.41) is 0. The van der Waals surface area contributed by atoms with Crippen LogP contribution in [0.4, 0.5) is 13.2 Å². The molecule has 1 rings (SSSR count). The first-order chi connectivity index (χ1) is 12.2. The van der Waals surface area contributed by atoms with Gasteiger partial charge in [0.1, 0.15) is 11.5 Å². The van der Waals surface area contributed by atoms with E-state index in [1.54, 1.807) is 12.1 Å². The van der Waals surface area contributed by atoms with Gasteiger partial charge in [-0.1, -0.05) is 12.2 Å². The molecule has 0 aliphatic heterocycles. The Kier molecular flexibility index (Phi) is 7.05. The van der Waals surface area contributed by atoms with Gasteiger partial charge in [-0.2, -0.15) is 13.2 Å². The van der Waals surface area contributed by atoms with Gasteiger partial charge < -0.3 is 18.9 Å². The molecule has 0 radical (unpaired) electrons. The van der Waals surface area contributed by atoms with Crippen molar-refractivity contribution in [3.63, 3.8) is 0 Å². The molecule has 9 heteroatoms. The summed E-state index contributed by atoms with van der Waals surface area (Å²) in [4.78, 5) is 23.6. The fourth-order valence-electron chi connectivity index (χ4n) is 2.26. The summed E-state index contributed by atoms with van der Waals surface area (Å²) in [5.41, 5.74) is -3.02. The van der Waals surface area contributed by atoms with Crippen LogP contribution in [-0.4, -0.2) is 46.6 Å². The number of carbonyl (C=O) groups is 2. The highest BCUT2D eigenvalue weighted by Crippen LogP contribution is 2.44. The highest BCUT2D eigenvalue weighted by atomic mass is 19.4. The van der Waals surface area contributed by atoms with E-state index in [1.807, 2.05) is 0 Å². The number of hydrogen-bond donors (Lipinski definition) is 0. The Hall–Kier alpha value is -2.71. The zero-order valence-corrected chi connectivity index (χ0v) is 14.7. The van der Waals surface area contributed by atoms with Crippen LogP contribution in [0.3, 0.4) is 0 Å². The third kappa shape index (κ3) is 4.09. The average Bonchev–Trinajstić information content (AvgIpc) is 2.62. The van der Waals surface area contributed by atoms with Crippen molar-refractivity contribution in [3.05, 3.63) is 29.8 Å². The first kappa shape index (κ1) is 21.3. The number of rotatable bonds is 7. The maximum Gasteiger partial charge on any atom is 0.415 e. The van der Waals surface area contributed by atoms with E-state index in [2.05, 4.69) is 9.47 Å². The van der Waals surface area contributed by atoms with Gasteiger partial charge in [0.2, 0.25) is 0 Å². The second kappa shape index (κ2) is 8.59. The van der Waals surface area contributed by atoms with Crippen molar-refractivity contribution in [2.45, 2.75) is 12.6 Å². The number of benzene rings is 1. The van der Waals surface area contributed by atoms with Crippen LogP contribution in [-0.2, 0) is 19.1 Å². The quantitative estimate of drug-likeness (QED) is 0.538. The first-order valence-corrected chi connectivity index (χ1v) is 7.30. The van der Waals surface area contributed by atoms with Crippen LogP contribution in [0.15, 0.2) is 24.3 Å². The number of methoxy groups -OCH3 is 4. The molecule has 0 atom stereocenters. The molecule has 0 aromatic heterocycles. The van der Waals surface area contributed by atoms with Crippen molar-refractivity contribution in [3.8, 4) is 11.5 Å².